The first-order chi connectivity index (χ1) is 17.2. The maximum atomic E-state index is 12.8. The van der Waals surface area contributed by atoms with Crippen molar-refractivity contribution < 1.29 is 32.2 Å². The highest BCUT2D eigenvalue weighted by Crippen LogP contribution is 2.31. The third kappa shape index (κ3) is 7.83. The molecule has 0 fully saturated rings. The van der Waals surface area contributed by atoms with E-state index in [0.717, 1.165) is 47.5 Å². The average molecular weight is 506 g/mol. The summed E-state index contributed by atoms with van der Waals surface area (Å²) in [6.45, 7) is 8.49. The number of carbonyl (C=O) groups is 1. The molecular weight excluding hydrogens is 471 g/mol. The van der Waals surface area contributed by atoms with Crippen LogP contribution in [0.4, 0.5) is 13.2 Å². The van der Waals surface area contributed by atoms with E-state index in [2.05, 4.69) is 17.9 Å². The topological polar surface area (TPSA) is 48.0 Å². The van der Waals surface area contributed by atoms with Gasteiger partial charge in [0.25, 0.3) is 0 Å². The van der Waals surface area contributed by atoms with Crippen LogP contribution in [0, 0.1) is 0 Å². The smallest absolute Gasteiger partial charge is 0.416 e. The molecule has 1 heterocycles. The summed E-state index contributed by atoms with van der Waals surface area (Å²) in [7, 11) is 0. The summed E-state index contributed by atoms with van der Waals surface area (Å²) in [6, 6.07) is 13.1. The highest BCUT2D eigenvalue weighted by atomic mass is 19.4. The summed E-state index contributed by atoms with van der Waals surface area (Å²) in [5.74, 6) is 0.387. The fourth-order valence-electron chi connectivity index (χ4n) is 4.13. The molecular formula is C28H34F3NO4. The molecule has 0 saturated carbocycles. The molecule has 0 N–H and O–H groups in total. The van der Waals surface area contributed by atoms with Crippen molar-refractivity contribution in [1.29, 1.82) is 0 Å². The summed E-state index contributed by atoms with van der Waals surface area (Å²) in [5, 5.41) is 0. The van der Waals surface area contributed by atoms with Crippen LogP contribution in [0.5, 0.6) is 5.75 Å². The molecule has 2 unspecified atom stereocenters. The van der Waals surface area contributed by atoms with E-state index >= 15 is 0 Å². The Morgan fingerprint density at radius 3 is 2.28 bits per heavy atom. The van der Waals surface area contributed by atoms with Crippen molar-refractivity contribution in [2.75, 3.05) is 32.9 Å². The minimum atomic E-state index is -4.32. The van der Waals surface area contributed by atoms with Crippen LogP contribution in [0.15, 0.2) is 54.6 Å². The lowest BCUT2D eigenvalue weighted by molar-refractivity contribution is -0.156. The molecule has 2 atom stereocenters. The van der Waals surface area contributed by atoms with Gasteiger partial charge in [0.1, 0.15) is 12.4 Å². The van der Waals surface area contributed by atoms with Gasteiger partial charge in [-0.15, -0.1) is 0 Å². The molecule has 0 aliphatic carbocycles. The molecule has 2 aromatic carbocycles. The third-order valence-corrected chi connectivity index (χ3v) is 6.20. The Kier molecular flexibility index (Phi) is 9.96. The number of esters is 1. The van der Waals surface area contributed by atoms with Crippen molar-refractivity contribution in [2.45, 2.75) is 51.9 Å². The molecule has 0 spiro atoms. The van der Waals surface area contributed by atoms with Crippen LogP contribution in [0.3, 0.4) is 0 Å². The van der Waals surface area contributed by atoms with E-state index in [9.17, 15) is 18.0 Å². The van der Waals surface area contributed by atoms with Crippen LogP contribution in [-0.4, -0.2) is 55.9 Å². The molecule has 196 valence electrons. The largest absolute Gasteiger partial charge is 0.492 e. The second-order valence-electron chi connectivity index (χ2n) is 8.75. The first-order valence-corrected chi connectivity index (χ1v) is 12.3. The number of ether oxygens (including phenoxy) is 3. The van der Waals surface area contributed by atoms with Gasteiger partial charge in [-0.25, -0.2) is 4.79 Å². The van der Waals surface area contributed by atoms with E-state index in [4.69, 9.17) is 14.2 Å². The summed E-state index contributed by atoms with van der Waals surface area (Å²) in [5.41, 5.74) is 2.23. The SMILES string of the molecule is CCOC(=O)C(Cc1ccc(OCC(C)N2CC=C(c3ccc(C(F)(F)F)cc3)CC2)cc1)OCC. The van der Waals surface area contributed by atoms with Gasteiger partial charge in [-0.2, -0.15) is 13.2 Å². The van der Waals surface area contributed by atoms with E-state index in [1.165, 1.54) is 0 Å². The van der Waals surface area contributed by atoms with Crippen LogP contribution < -0.4 is 4.74 Å². The predicted molar refractivity (Wildman–Crippen MR) is 133 cm³/mol. The lowest BCUT2D eigenvalue weighted by atomic mass is 9.97. The lowest BCUT2D eigenvalue weighted by Gasteiger charge is -2.32. The molecule has 0 saturated heterocycles. The third-order valence-electron chi connectivity index (χ3n) is 6.20. The van der Waals surface area contributed by atoms with Crippen LogP contribution in [-0.2, 0) is 26.9 Å². The second-order valence-corrected chi connectivity index (χ2v) is 8.75. The minimum Gasteiger partial charge on any atom is -0.492 e. The van der Waals surface area contributed by atoms with Crippen molar-refractivity contribution >= 4 is 11.5 Å². The highest BCUT2D eigenvalue weighted by Gasteiger charge is 2.30. The van der Waals surface area contributed by atoms with E-state index in [0.29, 0.717) is 32.8 Å². The maximum Gasteiger partial charge on any atom is 0.416 e. The first-order valence-electron chi connectivity index (χ1n) is 12.3. The van der Waals surface area contributed by atoms with Gasteiger partial charge in [-0.1, -0.05) is 30.3 Å². The molecule has 5 nitrogen and oxygen atoms in total. The van der Waals surface area contributed by atoms with Crippen molar-refractivity contribution in [3.63, 3.8) is 0 Å². The monoisotopic (exact) mass is 505 g/mol. The van der Waals surface area contributed by atoms with Gasteiger partial charge in [0.2, 0.25) is 0 Å². The molecule has 8 heteroatoms. The predicted octanol–water partition coefficient (Wildman–Crippen LogP) is 5.77. The zero-order valence-electron chi connectivity index (χ0n) is 21.0. The second kappa shape index (κ2) is 12.9. The Bertz CT molecular complexity index is 1000. The van der Waals surface area contributed by atoms with Crippen LogP contribution >= 0.6 is 0 Å². The van der Waals surface area contributed by atoms with E-state index in [1.54, 1.807) is 19.1 Å². The van der Waals surface area contributed by atoms with Crippen LogP contribution in [0.2, 0.25) is 0 Å². The summed E-state index contributed by atoms with van der Waals surface area (Å²) in [6.07, 6.45) is -1.66. The number of alkyl halides is 3. The Balaban J connectivity index is 1.49. The van der Waals surface area contributed by atoms with Gasteiger partial charge in [0.15, 0.2) is 6.10 Å². The average Bonchev–Trinajstić information content (AvgIpc) is 2.87. The first kappa shape index (κ1) is 27.7. The summed E-state index contributed by atoms with van der Waals surface area (Å²) < 4.78 is 55.0. The Morgan fingerprint density at radius 2 is 1.72 bits per heavy atom. The number of nitrogens with zero attached hydrogens (tertiary/aromatic N) is 1. The molecule has 36 heavy (non-hydrogen) atoms. The summed E-state index contributed by atoms with van der Waals surface area (Å²) >= 11 is 0. The Hall–Kier alpha value is -2.84. The van der Waals surface area contributed by atoms with Gasteiger partial charge < -0.3 is 14.2 Å². The van der Waals surface area contributed by atoms with Gasteiger partial charge in [-0.3, -0.25) is 4.90 Å². The van der Waals surface area contributed by atoms with Crippen LogP contribution in [0.1, 0.15) is 43.9 Å². The number of hydrogen-bond donors (Lipinski definition) is 0. The fourth-order valence-corrected chi connectivity index (χ4v) is 4.13. The van der Waals surface area contributed by atoms with Gasteiger partial charge in [0.05, 0.1) is 12.2 Å². The van der Waals surface area contributed by atoms with Crippen molar-refractivity contribution in [1.82, 2.24) is 4.90 Å². The number of benzene rings is 2. The molecule has 0 bridgehead atoms. The van der Waals surface area contributed by atoms with Crippen molar-refractivity contribution in [3.8, 4) is 5.75 Å². The van der Waals surface area contributed by atoms with Crippen molar-refractivity contribution in [3.05, 3.63) is 71.3 Å². The molecule has 0 radical (unpaired) electrons. The normalized spacial score (nSPS) is 16.2. The number of carbonyl (C=O) groups excluding carboxylic acids is 1. The molecule has 3 rings (SSSR count). The molecule has 0 amide bonds. The zero-order valence-corrected chi connectivity index (χ0v) is 21.0. The van der Waals surface area contributed by atoms with E-state index in [-0.39, 0.29) is 12.0 Å². The molecule has 1 aliphatic heterocycles. The van der Waals surface area contributed by atoms with E-state index < -0.39 is 17.8 Å². The van der Waals surface area contributed by atoms with Gasteiger partial charge in [0, 0.05) is 32.2 Å². The quantitative estimate of drug-likeness (QED) is 0.363. The number of hydrogen-bond acceptors (Lipinski definition) is 5. The Morgan fingerprint density at radius 1 is 1.03 bits per heavy atom. The molecule has 0 aromatic heterocycles. The minimum absolute atomic E-state index is 0.168. The number of halogens is 3. The number of rotatable bonds is 11. The summed E-state index contributed by atoms with van der Waals surface area (Å²) in [4.78, 5) is 14.3. The van der Waals surface area contributed by atoms with Crippen LogP contribution in [0.25, 0.3) is 5.57 Å². The highest BCUT2D eigenvalue weighted by molar-refractivity contribution is 5.75. The Labute approximate surface area is 210 Å². The van der Waals surface area contributed by atoms with E-state index in [1.807, 2.05) is 31.2 Å². The lowest BCUT2D eigenvalue weighted by Crippen LogP contribution is -2.40. The fraction of sp³-hybridized carbons (Fsp3) is 0.464. The molecule has 2 aromatic rings. The molecule has 1 aliphatic rings. The van der Waals surface area contributed by atoms with Gasteiger partial charge in [-0.05, 0) is 68.2 Å². The van der Waals surface area contributed by atoms with Gasteiger partial charge >= 0.3 is 12.1 Å². The standard InChI is InChI=1S/C28H34F3NO4/c1-4-34-26(27(33)35-5-2)18-21-6-12-25(13-7-21)36-19-20(3)32-16-14-23(15-17-32)22-8-10-24(11-9-22)28(29,30)31/h6-14,20,26H,4-5,15-19H2,1-3H3. The van der Waals surface area contributed by atoms with Crippen molar-refractivity contribution in [2.24, 2.45) is 0 Å². The zero-order chi connectivity index (χ0) is 26.1. The maximum absolute atomic E-state index is 12.8.